The number of hydrogen-bond acceptors (Lipinski definition) is 5. The summed E-state index contributed by atoms with van der Waals surface area (Å²) in [5, 5.41) is 7.68. The molecule has 2 heterocycles. The van der Waals surface area contributed by atoms with Crippen molar-refractivity contribution in [3.63, 3.8) is 0 Å². The van der Waals surface area contributed by atoms with Gasteiger partial charge in [-0.2, -0.15) is 4.98 Å². The van der Waals surface area contributed by atoms with Gasteiger partial charge >= 0.3 is 0 Å². The van der Waals surface area contributed by atoms with Crippen molar-refractivity contribution in [2.75, 3.05) is 13.1 Å². The minimum Gasteiger partial charge on any atom is -0.340 e. The number of rotatable bonds is 4. The fourth-order valence-electron chi connectivity index (χ4n) is 2.95. The van der Waals surface area contributed by atoms with E-state index in [1.165, 1.54) is 5.56 Å². The van der Waals surface area contributed by atoms with Crippen LogP contribution in [-0.4, -0.2) is 34.2 Å². The lowest BCUT2D eigenvalue weighted by Crippen LogP contribution is -2.52. The Balaban J connectivity index is 1.72. The Morgan fingerprint density at radius 2 is 2.14 bits per heavy atom. The fraction of sp³-hybridized carbons (Fsp3) is 0.500. The quantitative estimate of drug-likeness (QED) is 0.934. The van der Waals surface area contributed by atoms with Crippen LogP contribution in [0, 0.1) is 6.92 Å². The largest absolute Gasteiger partial charge is 0.340 e. The van der Waals surface area contributed by atoms with Gasteiger partial charge in [0.2, 0.25) is 5.89 Å². The maximum absolute atomic E-state index is 5.08. The van der Waals surface area contributed by atoms with E-state index in [0.29, 0.717) is 18.0 Å². The first-order valence-corrected chi connectivity index (χ1v) is 7.58. The van der Waals surface area contributed by atoms with E-state index < -0.39 is 0 Å². The van der Waals surface area contributed by atoms with Crippen LogP contribution in [0.2, 0.25) is 0 Å². The Labute approximate surface area is 125 Å². The van der Waals surface area contributed by atoms with Gasteiger partial charge in [0.15, 0.2) is 5.82 Å². The average Bonchev–Trinajstić information content (AvgIpc) is 2.93. The van der Waals surface area contributed by atoms with E-state index in [-0.39, 0.29) is 0 Å². The zero-order chi connectivity index (χ0) is 14.7. The van der Waals surface area contributed by atoms with Gasteiger partial charge in [-0.05, 0) is 12.0 Å². The molecule has 5 nitrogen and oxygen atoms in total. The molecule has 21 heavy (non-hydrogen) atoms. The van der Waals surface area contributed by atoms with E-state index in [9.17, 15) is 0 Å². The highest BCUT2D eigenvalue weighted by Gasteiger charge is 2.28. The lowest BCUT2D eigenvalue weighted by Gasteiger charge is -2.39. The monoisotopic (exact) mass is 286 g/mol. The van der Waals surface area contributed by atoms with Gasteiger partial charge < -0.3 is 9.84 Å². The molecule has 1 saturated heterocycles. The van der Waals surface area contributed by atoms with Gasteiger partial charge in [0, 0.05) is 32.1 Å². The maximum Gasteiger partial charge on any atom is 0.223 e. The van der Waals surface area contributed by atoms with Crippen molar-refractivity contribution in [2.45, 2.75) is 38.9 Å². The molecule has 2 unspecified atom stereocenters. The normalized spacial score (nSPS) is 23.3. The number of nitrogens with one attached hydrogen (secondary N) is 1. The molecule has 3 rings (SSSR count). The Morgan fingerprint density at radius 1 is 1.33 bits per heavy atom. The molecule has 5 heteroatoms. The van der Waals surface area contributed by atoms with Crippen molar-refractivity contribution in [3.8, 4) is 0 Å². The van der Waals surface area contributed by atoms with E-state index in [2.05, 4.69) is 57.6 Å². The number of hydrogen-bond donors (Lipinski definition) is 1. The summed E-state index contributed by atoms with van der Waals surface area (Å²) in [7, 11) is 0. The van der Waals surface area contributed by atoms with Crippen molar-refractivity contribution in [1.82, 2.24) is 20.4 Å². The highest BCUT2D eigenvalue weighted by Crippen LogP contribution is 2.22. The van der Waals surface area contributed by atoms with E-state index in [1.807, 2.05) is 6.92 Å². The van der Waals surface area contributed by atoms with Crippen LogP contribution in [0.4, 0.5) is 0 Å². The molecule has 0 amide bonds. The van der Waals surface area contributed by atoms with Crippen LogP contribution in [0.1, 0.15) is 36.7 Å². The van der Waals surface area contributed by atoms with Crippen molar-refractivity contribution >= 4 is 0 Å². The zero-order valence-electron chi connectivity index (χ0n) is 12.6. The van der Waals surface area contributed by atoms with Crippen LogP contribution in [0.3, 0.4) is 0 Å². The molecular weight excluding hydrogens is 264 g/mol. The minimum absolute atomic E-state index is 0.363. The molecule has 1 aromatic carbocycles. The Kier molecular flexibility index (Phi) is 4.31. The summed E-state index contributed by atoms with van der Waals surface area (Å²) in [5.74, 6) is 1.41. The van der Waals surface area contributed by atoms with E-state index in [4.69, 9.17) is 4.52 Å². The molecule has 0 spiro atoms. The lowest BCUT2D eigenvalue weighted by molar-refractivity contribution is 0.115. The minimum atomic E-state index is 0.363. The van der Waals surface area contributed by atoms with Crippen LogP contribution < -0.4 is 5.32 Å². The predicted octanol–water partition coefficient (Wildman–Crippen LogP) is 2.30. The smallest absolute Gasteiger partial charge is 0.223 e. The van der Waals surface area contributed by atoms with Crippen LogP contribution in [0.15, 0.2) is 34.9 Å². The second-order valence-electron chi connectivity index (χ2n) is 5.59. The summed E-state index contributed by atoms with van der Waals surface area (Å²) in [6.45, 7) is 6.77. The standard InChI is InChI=1S/C16H22N4O/c1-3-14-9-17-15(13-7-5-4-6-8-13)10-20(14)11-16-18-12(2)21-19-16/h4-8,14-15,17H,3,9-11H2,1-2H3. The SMILES string of the molecule is CCC1CNC(c2ccccc2)CN1Cc1noc(C)n1. The molecule has 112 valence electrons. The number of benzene rings is 1. The summed E-state index contributed by atoms with van der Waals surface area (Å²) in [6, 6.07) is 11.5. The van der Waals surface area contributed by atoms with Crippen LogP contribution in [0.5, 0.6) is 0 Å². The van der Waals surface area contributed by atoms with Crippen molar-refractivity contribution in [2.24, 2.45) is 0 Å². The third-order valence-electron chi connectivity index (χ3n) is 4.12. The van der Waals surface area contributed by atoms with Crippen LogP contribution in [0.25, 0.3) is 0 Å². The van der Waals surface area contributed by atoms with Crippen molar-refractivity contribution in [3.05, 3.63) is 47.6 Å². The zero-order valence-corrected chi connectivity index (χ0v) is 12.6. The van der Waals surface area contributed by atoms with Gasteiger partial charge in [-0.25, -0.2) is 0 Å². The summed E-state index contributed by atoms with van der Waals surface area (Å²) in [5.41, 5.74) is 1.33. The first-order valence-electron chi connectivity index (χ1n) is 7.58. The molecular formula is C16H22N4O. The third kappa shape index (κ3) is 3.31. The van der Waals surface area contributed by atoms with Crippen LogP contribution >= 0.6 is 0 Å². The Hall–Kier alpha value is -1.72. The van der Waals surface area contributed by atoms with Gasteiger partial charge in [-0.3, -0.25) is 4.90 Å². The molecule has 0 saturated carbocycles. The first-order chi connectivity index (χ1) is 10.3. The topological polar surface area (TPSA) is 54.2 Å². The summed E-state index contributed by atoms with van der Waals surface area (Å²) >= 11 is 0. The molecule has 1 N–H and O–H groups in total. The lowest BCUT2D eigenvalue weighted by atomic mass is 10.0. The number of aryl methyl sites for hydroxylation is 1. The molecule has 0 radical (unpaired) electrons. The average molecular weight is 286 g/mol. The van der Waals surface area contributed by atoms with E-state index in [1.54, 1.807) is 0 Å². The van der Waals surface area contributed by atoms with Gasteiger partial charge in [0.05, 0.1) is 6.54 Å². The van der Waals surface area contributed by atoms with Crippen molar-refractivity contribution < 1.29 is 4.52 Å². The number of piperazine rings is 1. The molecule has 0 aliphatic carbocycles. The highest BCUT2D eigenvalue weighted by atomic mass is 16.5. The summed E-state index contributed by atoms with van der Waals surface area (Å²) in [4.78, 5) is 6.79. The Bertz CT molecular complexity index is 569. The third-order valence-corrected chi connectivity index (χ3v) is 4.12. The predicted molar refractivity (Wildman–Crippen MR) is 80.7 cm³/mol. The van der Waals surface area contributed by atoms with Crippen LogP contribution in [-0.2, 0) is 6.54 Å². The molecule has 1 aromatic heterocycles. The van der Waals surface area contributed by atoms with Gasteiger partial charge in [0.1, 0.15) is 0 Å². The fourth-order valence-corrected chi connectivity index (χ4v) is 2.95. The number of aromatic nitrogens is 2. The maximum atomic E-state index is 5.08. The van der Waals surface area contributed by atoms with E-state index in [0.717, 1.165) is 31.9 Å². The molecule has 0 bridgehead atoms. The van der Waals surface area contributed by atoms with Gasteiger partial charge in [-0.15, -0.1) is 0 Å². The molecule has 1 fully saturated rings. The van der Waals surface area contributed by atoms with Gasteiger partial charge in [0.25, 0.3) is 0 Å². The summed E-state index contributed by atoms with van der Waals surface area (Å²) < 4.78 is 5.08. The molecule has 2 aromatic rings. The molecule has 1 aliphatic heterocycles. The van der Waals surface area contributed by atoms with Crippen molar-refractivity contribution in [1.29, 1.82) is 0 Å². The highest BCUT2D eigenvalue weighted by molar-refractivity contribution is 5.20. The van der Waals surface area contributed by atoms with Gasteiger partial charge in [-0.1, -0.05) is 42.4 Å². The molecule has 1 aliphatic rings. The number of nitrogens with zero attached hydrogens (tertiary/aromatic N) is 3. The molecule has 2 atom stereocenters. The van der Waals surface area contributed by atoms with E-state index >= 15 is 0 Å². The summed E-state index contributed by atoms with van der Waals surface area (Å²) in [6.07, 6.45) is 1.12. The Morgan fingerprint density at radius 3 is 2.81 bits per heavy atom. The second kappa shape index (κ2) is 6.37. The second-order valence-corrected chi connectivity index (χ2v) is 5.59. The first kappa shape index (κ1) is 14.2.